The second kappa shape index (κ2) is 8.92. The van der Waals surface area contributed by atoms with E-state index >= 15 is 0 Å². The molecular formula is C17H9Cl2F6N3O2. The summed E-state index contributed by atoms with van der Waals surface area (Å²) in [6.45, 7) is 0. The van der Waals surface area contributed by atoms with E-state index < -0.39 is 41.0 Å². The van der Waals surface area contributed by atoms with Crippen molar-refractivity contribution < 1.29 is 36.2 Å². The van der Waals surface area contributed by atoms with E-state index in [4.69, 9.17) is 23.2 Å². The van der Waals surface area contributed by atoms with Crippen LogP contribution in [0.2, 0.25) is 10.0 Å². The quantitative estimate of drug-likeness (QED) is 0.216. The standard InChI is InChI=1S/C17H9Cl2F6N3O2/c18-9-5-10(19)7-12(6-9)26-15(30)13(14(29)17(23,24)25)28-27-11-3-1-2-8(4-11)16(20,21)22/h1-7,29H,(H,26,30)/b14-13+,28-27?. The van der Waals surface area contributed by atoms with Crippen molar-refractivity contribution in [1.29, 1.82) is 0 Å². The molecule has 0 aliphatic carbocycles. The summed E-state index contributed by atoms with van der Waals surface area (Å²) in [6.07, 6.45) is -10.1. The monoisotopic (exact) mass is 471 g/mol. The van der Waals surface area contributed by atoms with Crippen molar-refractivity contribution in [3.8, 4) is 0 Å². The first-order chi connectivity index (χ1) is 13.8. The minimum atomic E-state index is -5.38. The molecular weight excluding hydrogens is 463 g/mol. The van der Waals surface area contributed by atoms with Gasteiger partial charge >= 0.3 is 12.4 Å². The summed E-state index contributed by atoms with van der Waals surface area (Å²) in [5, 5.41) is 17.7. The molecule has 0 spiro atoms. The molecule has 5 nitrogen and oxygen atoms in total. The average Bonchev–Trinajstić information content (AvgIpc) is 2.59. The van der Waals surface area contributed by atoms with Crippen molar-refractivity contribution in [3.63, 3.8) is 0 Å². The highest BCUT2D eigenvalue weighted by Gasteiger charge is 2.39. The van der Waals surface area contributed by atoms with E-state index in [1.54, 1.807) is 0 Å². The second-order valence-corrected chi connectivity index (χ2v) is 6.43. The van der Waals surface area contributed by atoms with Crippen molar-refractivity contribution in [2.75, 3.05) is 5.32 Å². The van der Waals surface area contributed by atoms with Gasteiger partial charge in [-0.05, 0) is 36.4 Å². The summed E-state index contributed by atoms with van der Waals surface area (Å²) in [7, 11) is 0. The molecule has 0 fully saturated rings. The molecule has 2 aromatic rings. The second-order valence-electron chi connectivity index (χ2n) is 5.56. The van der Waals surface area contributed by atoms with Gasteiger partial charge < -0.3 is 10.4 Å². The van der Waals surface area contributed by atoms with Gasteiger partial charge in [0, 0.05) is 15.7 Å². The zero-order chi connectivity index (χ0) is 22.7. The van der Waals surface area contributed by atoms with Gasteiger partial charge in [-0.25, -0.2) is 0 Å². The molecule has 160 valence electrons. The molecule has 2 aromatic carbocycles. The number of aliphatic hydroxyl groups excluding tert-OH is 1. The van der Waals surface area contributed by atoms with E-state index in [2.05, 4.69) is 10.2 Å². The lowest BCUT2D eigenvalue weighted by Gasteiger charge is -2.10. The number of nitrogens with one attached hydrogen (secondary N) is 1. The summed E-state index contributed by atoms with van der Waals surface area (Å²) < 4.78 is 76.9. The van der Waals surface area contributed by atoms with Gasteiger partial charge in [-0.1, -0.05) is 29.3 Å². The lowest BCUT2D eigenvalue weighted by atomic mass is 10.2. The molecule has 0 saturated carbocycles. The Bertz CT molecular complexity index is 999. The van der Waals surface area contributed by atoms with Crippen LogP contribution in [0.15, 0.2) is 64.1 Å². The number of azo groups is 1. The Hall–Kier alpha value is -2.79. The maximum Gasteiger partial charge on any atom is 0.451 e. The number of alkyl halides is 6. The highest BCUT2D eigenvalue weighted by molar-refractivity contribution is 6.35. The van der Waals surface area contributed by atoms with E-state index in [9.17, 15) is 36.2 Å². The van der Waals surface area contributed by atoms with Gasteiger partial charge in [0.2, 0.25) is 5.76 Å². The number of anilines is 1. The van der Waals surface area contributed by atoms with E-state index in [1.807, 2.05) is 5.32 Å². The van der Waals surface area contributed by atoms with Gasteiger partial charge in [0.25, 0.3) is 5.91 Å². The van der Waals surface area contributed by atoms with Crippen LogP contribution in [0.1, 0.15) is 5.56 Å². The zero-order valence-electron chi connectivity index (χ0n) is 14.3. The number of nitrogens with zero attached hydrogens (tertiary/aromatic N) is 2. The topological polar surface area (TPSA) is 74.0 Å². The van der Waals surface area contributed by atoms with Crippen LogP contribution in [0.5, 0.6) is 0 Å². The van der Waals surface area contributed by atoms with Crippen molar-refractivity contribution in [2.24, 2.45) is 10.2 Å². The molecule has 0 bridgehead atoms. The number of benzene rings is 2. The lowest BCUT2D eigenvalue weighted by molar-refractivity contribution is -0.137. The Morgan fingerprint density at radius 2 is 1.57 bits per heavy atom. The molecule has 30 heavy (non-hydrogen) atoms. The highest BCUT2D eigenvalue weighted by atomic mass is 35.5. The molecule has 0 aliphatic heterocycles. The predicted octanol–water partition coefficient (Wildman–Crippen LogP) is 7.07. The third-order valence-corrected chi connectivity index (χ3v) is 3.70. The van der Waals surface area contributed by atoms with Gasteiger partial charge in [0.15, 0.2) is 5.70 Å². The lowest BCUT2D eigenvalue weighted by Crippen LogP contribution is -2.21. The largest absolute Gasteiger partial charge is 0.503 e. The minimum absolute atomic E-state index is 0.0500. The van der Waals surface area contributed by atoms with Gasteiger partial charge in [-0.3, -0.25) is 4.79 Å². The first-order valence-corrected chi connectivity index (χ1v) is 8.40. The Morgan fingerprint density at radius 3 is 2.10 bits per heavy atom. The fraction of sp³-hybridized carbons (Fsp3) is 0.118. The zero-order valence-corrected chi connectivity index (χ0v) is 15.8. The molecule has 2 rings (SSSR count). The van der Waals surface area contributed by atoms with Crippen LogP contribution in [0.4, 0.5) is 37.7 Å². The average molecular weight is 472 g/mol. The molecule has 0 atom stereocenters. The van der Waals surface area contributed by atoms with Crippen LogP contribution in [-0.4, -0.2) is 17.2 Å². The Balaban J connectivity index is 2.42. The summed E-state index contributed by atoms with van der Waals surface area (Å²) in [4.78, 5) is 12.2. The molecule has 13 heteroatoms. The molecule has 0 heterocycles. The van der Waals surface area contributed by atoms with Crippen LogP contribution in [0, 0.1) is 0 Å². The Morgan fingerprint density at radius 1 is 0.967 bits per heavy atom. The van der Waals surface area contributed by atoms with Crippen molar-refractivity contribution in [1.82, 2.24) is 0 Å². The summed E-state index contributed by atoms with van der Waals surface area (Å²) in [6, 6.07) is 6.75. The maximum atomic E-state index is 12.9. The highest BCUT2D eigenvalue weighted by Crippen LogP contribution is 2.32. The Kier molecular flexibility index (Phi) is 6.99. The number of halogens is 8. The third-order valence-electron chi connectivity index (χ3n) is 3.27. The third kappa shape index (κ3) is 6.36. The number of carbonyl (C=O) groups is 1. The van der Waals surface area contributed by atoms with Crippen LogP contribution in [0.3, 0.4) is 0 Å². The van der Waals surface area contributed by atoms with E-state index in [1.165, 1.54) is 6.07 Å². The van der Waals surface area contributed by atoms with E-state index in [0.717, 1.165) is 24.3 Å². The van der Waals surface area contributed by atoms with Crippen LogP contribution in [-0.2, 0) is 11.0 Å². The van der Waals surface area contributed by atoms with Crippen molar-refractivity contribution >= 4 is 40.5 Å². The minimum Gasteiger partial charge on any atom is -0.503 e. The van der Waals surface area contributed by atoms with Gasteiger partial charge in [0.1, 0.15) is 0 Å². The summed E-state index contributed by atoms with van der Waals surface area (Å²) >= 11 is 11.5. The van der Waals surface area contributed by atoms with Crippen LogP contribution < -0.4 is 5.32 Å². The van der Waals surface area contributed by atoms with Crippen molar-refractivity contribution in [2.45, 2.75) is 12.4 Å². The molecule has 0 saturated heterocycles. The smallest absolute Gasteiger partial charge is 0.451 e. The van der Waals surface area contributed by atoms with Crippen LogP contribution >= 0.6 is 23.2 Å². The van der Waals surface area contributed by atoms with Crippen LogP contribution in [0.25, 0.3) is 0 Å². The number of rotatable bonds is 4. The van der Waals surface area contributed by atoms with Gasteiger partial charge in [-0.2, -0.15) is 31.5 Å². The number of aliphatic hydroxyl groups is 1. The first-order valence-electron chi connectivity index (χ1n) is 7.64. The predicted molar refractivity (Wildman–Crippen MR) is 96.8 cm³/mol. The number of allylic oxidation sites excluding steroid dienone is 1. The summed E-state index contributed by atoms with van der Waals surface area (Å²) in [5.74, 6) is -3.96. The van der Waals surface area contributed by atoms with E-state index in [0.29, 0.717) is 12.1 Å². The number of carbonyl (C=O) groups excluding carboxylic acids is 1. The molecule has 0 aromatic heterocycles. The molecule has 2 N–H and O–H groups in total. The van der Waals surface area contributed by atoms with Gasteiger partial charge in [-0.15, -0.1) is 5.11 Å². The molecule has 0 unspecified atom stereocenters. The van der Waals surface area contributed by atoms with E-state index in [-0.39, 0.29) is 15.7 Å². The SMILES string of the molecule is O=C(Nc1cc(Cl)cc(Cl)c1)/C(N=Nc1cccc(C(F)(F)F)c1)=C(\O)C(F)(F)F. The maximum absolute atomic E-state index is 12.9. The number of hydrogen-bond acceptors (Lipinski definition) is 4. The Labute approximate surface area is 174 Å². The molecule has 0 radical (unpaired) electrons. The number of amides is 1. The van der Waals surface area contributed by atoms with Crippen molar-refractivity contribution in [3.05, 3.63) is 69.5 Å². The molecule has 1 amide bonds. The first kappa shape index (κ1) is 23.5. The normalized spacial score (nSPS) is 13.3. The van der Waals surface area contributed by atoms with Gasteiger partial charge in [0.05, 0.1) is 11.3 Å². The fourth-order valence-corrected chi connectivity index (χ4v) is 2.53. The summed E-state index contributed by atoms with van der Waals surface area (Å²) in [5.41, 5.74) is -3.35. The fourth-order valence-electron chi connectivity index (χ4n) is 2.00. The number of hydrogen-bond donors (Lipinski definition) is 2. The molecule has 0 aliphatic rings.